The second-order valence-corrected chi connectivity index (χ2v) is 6.73. The molecule has 3 aromatic carbocycles. The Hall–Kier alpha value is -5.00. The summed E-state index contributed by atoms with van der Waals surface area (Å²) in [5.74, 6) is -1.14. The van der Waals surface area contributed by atoms with Crippen molar-refractivity contribution in [2.75, 3.05) is 24.9 Å². The standard InChI is InChI=1S/C22H18N4O8/c1-33-15-7-3-13(4-8-15)23-21(27)19-17(25(29)30)11-12-18(26(31)32)20(19)22(28)24-14-5-9-16(34-2)10-6-14/h3-12H,1-2H3,(H,23,27)(H,24,28). The van der Waals surface area contributed by atoms with E-state index in [0.29, 0.717) is 11.5 Å². The molecule has 0 bridgehead atoms. The zero-order chi connectivity index (χ0) is 24.8. The number of ether oxygens (including phenoxy) is 2. The second kappa shape index (κ2) is 10.1. The summed E-state index contributed by atoms with van der Waals surface area (Å²) in [6, 6.07) is 13.6. The summed E-state index contributed by atoms with van der Waals surface area (Å²) in [5, 5.41) is 28.1. The summed E-state index contributed by atoms with van der Waals surface area (Å²) >= 11 is 0. The van der Waals surface area contributed by atoms with Gasteiger partial charge < -0.3 is 20.1 Å². The summed E-state index contributed by atoms with van der Waals surface area (Å²) in [4.78, 5) is 47.6. The summed E-state index contributed by atoms with van der Waals surface area (Å²) in [6.07, 6.45) is 0. The van der Waals surface area contributed by atoms with E-state index in [2.05, 4.69) is 10.6 Å². The molecule has 2 N–H and O–H groups in total. The number of nitrogens with zero attached hydrogens (tertiary/aromatic N) is 2. The highest BCUT2D eigenvalue weighted by Gasteiger charge is 2.35. The molecular formula is C22H18N4O8. The van der Waals surface area contributed by atoms with Gasteiger partial charge in [0, 0.05) is 23.5 Å². The number of methoxy groups -OCH3 is 2. The molecule has 0 radical (unpaired) electrons. The van der Waals surface area contributed by atoms with Gasteiger partial charge in [-0.1, -0.05) is 0 Å². The highest BCUT2D eigenvalue weighted by Crippen LogP contribution is 2.32. The Kier molecular flexibility index (Phi) is 7.01. The van der Waals surface area contributed by atoms with Crippen molar-refractivity contribution in [3.05, 3.63) is 92.0 Å². The maximum Gasteiger partial charge on any atom is 0.283 e. The number of carbonyl (C=O) groups is 2. The minimum absolute atomic E-state index is 0.230. The van der Waals surface area contributed by atoms with Gasteiger partial charge in [-0.05, 0) is 48.5 Å². The van der Waals surface area contributed by atoms with E-state index in [-0.39, 0.29) is 11.4 Å². The van der Waals surface area contributed by atoms with E-state index >= 15 is 0 Å². The number of hydrogen-bond acceptors (Lipinski definition) is 8. The van der Waals surface area contributed by atoms with Gasteiger partial charge in [-0.15, -0.1) is 0 Å². The molecule has 2 amide bonds. The van der Waals surface area contributed by atoms with Gasteiger partial charge in [-0.2, -0.15) is 0 Å². The van der Waals surface area contributed by atoms with Crippen molar-refractivity contribution in [2.45, 2.75) is 0 Å². The van der Waals surface area contributed by atoms with Crippen LogP contribution < -0.4 is 20.1 Å². The van der Waals surface area contributed by atoms with Crippen molar-refractivity contribution in [1.82, 2.24) is 0 Å². The molecule has 0 aliphatic rings. The van der Waals surface area contributed by atoms with Gasteiger partial charge in [0.1, 0.15) is 22.6 Å². The highest BCUT2D eigenvalue weighted by molar-refractivity contribution is 6.19. The molecule has 0 heterocycles. The van der Waals surface area contributed by atoms with E-state index in [1.54, 1.807) is 0 Å². The van der Waals surface area contributed by atoms with E-state index in [9.17, 15) is 29.8 Å². The maximum absolute atomic E-state index is 13.1. The van der Waals surface area contributed by atoms with Gasteiger partial charge in [0.25, 0.3) is 23.2 Å². The Morgan fingerprint density at radius 1 is 0.647 bits per heavy atom. The monoisotopic (exact) mass is 466 g/mol. The van der Waals surface area contributed by atoms with Crippen LogP contribution in [0.15, 0.2) is 60.7 Å². The average Bonchev–Trinajstić information content (AvgIpc) is 2.83. The average molecular weight is 466 g/mol. The van der Waals surface area contributed by atoms with Crippen LogP contribution in [0.5, 0.6) is 11.5 Å². The Morgan fingerprint density at radius 3 is 1.24 bits per heavy atom. The lowest BCUT2D eigenvalue weighted by molar-refractivity contribution is -0.389. The number of nitrogens with one attached hydrogen (secondary N) is 2. The second-order valence-electron chi connectivity index (χ2n) is 6.73. The van der Waals surface area contributed by atoms with Crippen LogP contribution in [-0.2, 0) is 0 Å². The quantitative estimate of drug-likeness (QED) is 0.371. The zero-order valence-electron chi connectivity index (χ0n) is 17.9. The number of hydrogen-bond donors (Lipinski definition) is 2. The number of anilines is 2. The first-order chi connectivity index (χ1) is 16.2. The van der Waals surface area contributed by atoms with Crippen molar-refractivity contribution in [2.24, 2.45) is 0 Å². The fourth-order valence-electron chi connectivity index (χ4n) is 3.08. The number of nitro benzene ring substituents is 2. The highest BCUT2D eigenvalue weighted by atomic mass is 16.6. The third kappa shape index (κ3) is 5.07. The van der Waals surface area contributed by atoms with Gasteiger partial charge >= 0.3 is 0 Å². The van der Waals surface area contributed by atoms with Crippen LogP contribution in [0, 0.1) is 20.2 Å². The molecule has 0 aliphatic heterocycles. The van der Waals surface area contributed by atoms with Crippen molar-refractivity contribution in [3.63, 3.8) is 0 Å². The molecule has 0 fully saturated rings. The lowest BCUT2D eigenvalue weighted by atomic mass is 10.0. The predicted molar refractivity (Wildman–Crippen MR) is 122 cm³/mol. The molecule has 0 aromatic heterocycles. The molecule has 12 nitrogen and oxygen atoms in total. The van der Waals surface area contributed by atoms with E-state index < -0.39 is 44.2 Å². The molecule has 34 heavy (non-hydrogen) atoms. The van der Waals surface area contributed by atoms with Crippen LogP contribution in [0.1, 0.15) is 20.7 Å². The van der Waals surface area contributed by atoms with Crippen molar-refractivity contribution in [3.8, 4) is 11.5 Å². The number of amides is 2. The topological polar surface area (TPSA) is 163 Å². The normalized spacial score (nSPS) is 10.2. The smallest absolute Gasteiger partial charge is 0.283 e. The van der Waals surface area contributed by atoms with Crippen molar-refractivity contribution >= 4 is 34.6 Å². The number of benzene rings is 3. The zero-order valence-corrected chi connectivity index (χ0v) is 17.9. The van der Waals surface area contributed by atoms with E-state index in [1.165, 1.54) is 62.8 Å². The maximum atomic E-state index is 13.1. The van der Waals surface area contributed by atoms with Gasteiger partial charge in [0.2, 0.25) is 0 Å². The van der Waals surface area contributed by atoms with Crippen molar-refractivity contribution in [1.29, 1.82) is 0 Å². The first-order valence-electron chi connectivity index (χ1n) is 9.61. The molecule has 0 atom stereocenters. The van der Waals surface area contributed by atoms with Crippen LogP contribution in [-0.4, -0.2) is 35.9 Å². The van der Waals surface area contributed by atoms with Gasteiger partial charge in [-0.25, -0.2) is 0 Å². The summed E-state index contributed by atoms with van der Waals surface area (Å²) < 4.78 is 10.1. The minimum Gasteiger partial charge on any atom is -0.497 e. The van der Waals surface area contributed by atoms with Gasteiger partial charge in [0.05, 0.1) is 24.1 Å². The molecular weight excluding hydrogens is 448 g/mol. The molecule has 0 saturated heterocycles. The fourth-order valence-corrected chi connectivity index (χ4v) is 3.08. The minimum atomic E-state index is -1.07. The Labute approximate surface area is 192 Å². The molecule has 0 spiro atoms. The number of rotatable bonds is 8. The Morgan fingerprint density at radius 2 is 0.971 bits per heavy atom. The molecule has 0 saturated carbocycles. The molecule has 174 valence electrons. The largest absolute Gasteiger partial charge is 0.497 e. The number of nitro groups is 2. The lowest BCUT2D eigenvalue weighted by Gasteiger charge is -2.12. The van der Waals surface area contributed by atoms with Crippen molar-refractivity contribution < 1.29 is 28.9 Å². The van der Waals surface area contributed by atoms with Crippen LogP contribution in [0.4, 0.5) is 22.7 Å². The number of carbonyl (C=O) groups excluding carboxylic acids is 2. The SMILES string of the molecule is COc1ccc(NC(=O)c2c([N+](=O)[O-])ccc([N+](=O)[O-])c2C(=O)Nc2ccc(OC)cc2)cc1. The molecule has 12 heteroatoms. The van der Waals surface area contributed by atoms with Crippen LogP contribution >= 0.6 is 0 Å². The third-order valence-corrected chi connectivity index (χ3v) is 4.70. The summed E-state index contributed by atoms with van der Waals surface area (Å²) in [7, 11) is 2.90. The fraction of sp³-hybridized carbons (Fsp3) is 0.0909. The summed E-state index contributed by atoms with van der Waals surface area (Å²) in [5.41, 5.74) is -2.57. The Bertz CT molecular complexity index is 1160. The molecule has 0 aliphatic carbocycles. The first-order valence-corrected chi connectivity index (χ1v) is 9.61. The van der Waals surface area contributed by atoms with E-state index in [1.807, 2.05) is 0 Å². The first kappa shape index (κ1) is 23.7. The lowest BCUT2D eigenvalue weighted by Crippen LogP contribution is -2.23. The third-order valence-electron chi connectivity index (χ3n) is 4.70. The van der Waals surface area contributed by atoms with E-state index in [0.717, 1.165) is 12.1 Å². The van der Waals surface area contributed by atoms with Gasteiger partial charge in [-0.3, -0.25) is 29.8 Å². The van der Waals surface area contributed by atoms with Crippen LogP contribution in [0.2, 0.25) is 0 Å². The molecule has 3 aromatic rings. The van der Waals surface area contributed by atoms with Crippen LogP contribution in [0.25, 0.3) is 0 Å². The van der Waals surface area contributed by atoms with Gasteiger partial charge in [0.15, 0.2) is 0 Å². The summed E-state index contributed by atoms with van der Waals surface area (Å²) in [6.45, 7) is 0. The molecule has 3 rings (SSSR count). The van der Waals surface area contributed by atoms with Crippen LogP contribution in [0.3, 0.4) is 0 Å². The van der Waals surface area contributed by atoms with E-state index in [4.69, 9.17) is 9.47 Å². The Balaban J connectivity index is 2.08. The predicted octanol–water partition coefficient (Wildman–Crippen LogP) is 4.02. The molecule has 0 unspecified atom stereocenters.